The van der Waals surface area contributed by atoms with Gasteiger partial charge in [0.05, 0.1) is 6.54 Å². The molecule has 1 fully saturated rings. The second-order valence-electron chi connectivity index (χ2n) is 2.99. The monoisotopic (exact) mass is 167 g/mol. The topological polar surface area (TPSA) is 63.3 Å². The van der Waals surface area contributed by atoms with Crippen molar-refractivity contribution in [3.8, 4) is 0 Å². The van der Waals surface area contributed by atoms with Gasteiger partial charge in [-0.1, -0.05) is 0 Å². The molecule has 0 spiro atoms. The predicted molar refractivity (Wildman–Crippen MR) is 44.7 cm³/mol. The first-order chi connectivity index (χ1) is 5.16. The molecular weight excluding hydrogens is 153 g/mol. The zero-order chi connectivity index (χ0) is 8.69. The van der Waals surface area contributed by atoms with E-state index in [0.717, 1.165) is 0 Å². The average molecular weight is 167 g/mol. The van der Waals surface area contributed by atoms with Crippen LogP contribution in [0.5, 0.6) is 0 Å². The summed E-state index contributed by atoms with van der Waals surface area (Å²) in [5.74, 6) is -0.968. The van der Waals surface area contributed by atoms with Crippen molar-refractivity contribution >= 4 is 33.9 Å². The number of rotatable bonds is 1. The van der Waals surface area contributed by atoms with Crippen LogP contribution in [0.2, 0.25) is 3.17 Å². The Morgan fingerprint density at radius 3 is 2.00 bits per heavy atom. The van der Waals surface area contributed by atoms with Gasteiger partial charge in [-0.2, -0.15) is 0 Å². The summed E-state index contributed by atoms with van der Waals surface area (Å²) in [6, 6.07) is 0. The van der Waals surface area contributed by atoms with E-state index in [0.29, 0.717) is 0 Å². The third-order valence-corrected chi connectivity index (χ3v) is 2.97. The fraction of sp³-hybridized carbons (Fsp3) is 0.857. The van der Waals surface area contributed by atoms with E-state index < -0.39 is 5.97 Å². The van der Waals surface area contributed by atoms with Crippen molar-refractivity contribution < 1.29 is 9.90 Å². The number of carbonyl (C=O) groups is 1. The van der Waals surface area contributed by atoms with Crippen LogP contribution in [0.1, 0.15) is 25.7 Å². The first kappa shape index (κ1) is 11.4. The van der Waals surface area contributed by atoms with Crippen molar-refractivity contribution in [2.45, 2.75) is 28.9 Å². The SMILES string of the molecule is NCC(=O)O.[Na][CH]1CCCC1. The maximum absolute atomic E-state index is 9.24. The van der Waals surface area contributed by atoms with Crippen LogP contribution in [0.25, 0.3) is 0 Å². The molecule has 0 heterocycles. The molecule has 0 aromatic heterocycles. The quantitative estimate of drug-likeness (QED) is 0.560. The van der Waals surface area contributed by atoms with Crippen molar-refractivity contribution in [2.75, 3.05) is 6.54 Å². The molecule has 1 saturated carbocycles. The predicted octanol–water partition coefficient (Wildman–Crippen LogP) is 0.547. The first-order valence-electron chi connectivity index (χ1n) is 4.08. The normalized spacial score (nSPS) is 17.4. The van der Waals surface area contributed by atoms with Gasteiger partial charge < -0.3 is 10.8 Å². The molecule has 1 aliphatic rings. The summed E-state index contributed by atoms with van der Waals surface area (Å²) in [6.45, 7) is -0.278. The van der Waals surface area contributed by atoms with E-state index in [1.165, 1.54) is 43.9 Å². The van der Waals surface area contributed by atoms with Gasteiger partial charge in [-0.25, -0.2) is 0 Å². The molecule has 0 aromatic carbocycles. The second-order valence-corrected chi connectivity index (χ2v) is 4.62. The van der Waals surface area contributed by atoms with Gasteiger partial charge >= 0.3 is 62.8 Å². The Kier molecular flexibility index (Phi) is 7.38. The van der Waals surface area contributed by atoms with Crippen molar-refractivity contribution in [1.29, 1.82) is 0 Å². The molecule has 0 radical (unpaired) electrons. The van der Waals surface area contributed by atoms with Crippen LogP contribution in [-0.2, 0) is 4.79 Å². The average Bonchev–Trinajstić information content (AvgIpc) is 2.41. The summed E-state index contributed by atoms with van der Waals surface area (Å²) in [6.07, 6.45) is 6.14. The number of hydrogen-bond donors (Lipinski definition) is 2. The number of carboxylic acid groups (broad SMARTS) is 1. The Balaban J connectivity index is 0.000000187. The Hall–Kier alpha value is 0.430. The molecule has 4 heteroatoms. The van der Waals surface area contributed by atoms with E-state index in [9.17, 15) is 4.79 Å². The Morgan fingerprint density at radius 1 is 1.55 bits per heavy atom. The second kappa shape index (κ2) is 7.10. The molecule has 11 heavy (non-hydrogen) atoms. The van der Waals surface area contributed by atoms with Crippen molar-refractivity contribution in [3.05, 3.63) is 0 Å². The molecular formula is C7H14NNaO2. The molecule has 3 nitrogen and oxygen atoms in total. The van der Waals surface area contributed by atoms with Gasteiger partial charge in [-0.05, 0) is 0 Å². The first-order valence-corrected chi connectivity index (χ1v) is 5.24. The summed E-state index contributed by atoms with van der Waals surface area (Å²) in [5.41, 5.74) is 4.57. The van der Waals surface area contributed by atoms with Crippen molar-refractivity contribution in [2.24, 2.45) is 5.73 Å². The number of hydrogen-bond acceptors (Lipinski definition) is 2. The summed E-state index contributed by atoms with van der Waals surface area (Å²) < 4.78 is 1.19. The molecule has 60 valence electrons. The Bertz CT molecular complexity index is 113. The Labute approximate surface area is 84.8 Å². The van der Waals surface area contributed by atoms with Gasteiger partial charge in [-0.3, -0.25) is 4.79 Å². The fourth-order valence-corrected chi connectivity index (χ4v) is 1.95. The van der Waals surface area contributed by atoms with Crippen LogP contribution in [0.15, 0.2) is 0 Å². The minimum absolute atomic E-state index is 0.278. The van der Waals surface area contributed by atoms with Gasteiger partial charge in [0, 0.05) is 0 Å². The van der Waals surface area contributed by atoms with E-state index in [2.05, 4.69) is 5.73 Å². The van der Waals surface area contributed by atoms with Gasteiger partial charge in [0.15, 0.2) is 0 Å². The Morgan fingerprint density at radius 2 is 1.91 bits per heavy atom. The zero-order valence-corrected chi connectivity index (χ0v) is 9.05. The van der Waals surface area contributed by atoms with Gasteiger partial charge in [-0.15, -0.1) is 0 Å². The molecule has 0 atom stereocenters. The molecule has 0 unspecified atom stereocenters. The molecule has 1 aliphatic carbocycles. The van der Waals surface area contributed by atoms with Crippen LogP contribution in [-0.4, -0.2) is 45.6 Å². The van der Waals surface area contributed by atoms with Gasteiger partial charge in [0.2, 0.25) is 0 Å². The molecule has 0 bridgehead atoms. The van der Waals surface area contributed by atoms with E-state index in [1.54, 1.807) is 12.8 Å². The van der Waals surface area contributed by atoms with Gasteiger partial charge in [0.1, 0.15) is 0 Å². The van der Waals surface area contributed by atoms with E-state index in [-0.39, 0.29) is 6.54 Å². The third-order valence-electron chi connectivity index (χ3n) is 1.82. The number of aliphatic carboxylic acids is 1. The number of nitrogens with two attached hydrogens (primary N) is 1. The standard InChI is InChI=1S/C5H9.C2H5NO2.Na/c1-2-4-5-3-1;3-1-2(4)5;/h1H,2-5H2;1,3H2,(H,4,5);. The number of carboxylic acids is 1. The zero-order valence-electron chi connectivity index (χ0n) is 7.05. The van der Waals surface area contributed by atoms with Crippen molar-refractivity contribution in [1.82, 2.24) is 0 Å². The molecule has 1 rings (SSSR count). The molecule has 0 aliphatic heterocycles. The third kappa shape index (κ3) is 8.34. The minimum atomic E-state index is -0.968. The van der Waals surface area contributed by atoms with Gasteiger partial charge in [0.25, 0.3) is 0 Å². The van der Waals surface area contributed by atoms with E-state index >= 15 is 0 Å². The van der Waals surface area contributed by atoms with Crippen LogP contribution < -0.4 is 5.73 Å². The molecule has 0 saturated heterocycles. The van der Waals surface area contributed by atoms with Crippen molar-refractivity contribution in [3.63, 3.8) is 0 Å². The van der Waals surface area contributed by atoms with Crippen LogP contribution in [0, 0.1) is 0 Å². The van der Waals surface area contributed by atoms with Crippen LogP contribution >= 0.6 is 0 Å². The molecule has 0 amide bonds. The summed E-state index contributed by atoms with van der Waals surface area (Å²) in [7, 11) is 0. The summed E-state index contributed by atoms with van der Waals surface area (Å²) >= 11 is 1.45. The molecule has 0 aromatic rings. The van der Waals surface area contributed by atoms with E-state index in [1.807, 2.05) is 0 Å². The summed E-state index contributed by atoms with van der Waals surface area (Å²) in [4.78, 5) is 9.24. The fourth-order valence-electron chi connectivity index (χ4n) is 1.13. The molecule has 3 N–H and O–H groups in total. The maximum atomic E-state index is 9.24. The van der Waals surface area contributed by atoms with Crippen LogP contribution in [0.4, 0.5) is 0 Å². The summed E-state index contributed by atoms with van der Waals surface area (Å²) in [5, 5.41) is 7.60. The van der Waals surface area contributed by atoms with Crippen LogP contribution in [0.3, 0.4) is 0 Å². The van der Waals surface area contributed by atoms with E-state index in [4.69, 9.17) is 5.11 Å².